The Morgan fingerprint density at radius 2 is 1.91 bits per heavy atom. The lowest BCUT2D eigenvalue weighted by Gasteiger charge is -2.15. The third-order valence-electron chi connectivity index (χ3n) is 5.60. The van der Waals surface area contributed by atoms with Gasteiger partial charge in [-0.3, -0.25) is 4.52 Å². The summed E-state index contributed by atoms with van der Waals surface area (Å²) in [4.78, 5) is 12.6. The SMILES string of the molecule is Cc1ccc(-[n+]2[nH]oc(=O)c2C2=Nn3c(COc4cc(C)ccc4C(C)C)nnc3SC2)cc1. The predicted molar refractivity (Wildman–Crippen MR) is 128 cm³/mol. The summed E-state index contributed by atoms with van der Waals surface area (Å²) in [6.07, 6.45) is 0. The van der Waals surface area contributed by atoms with Crippen molar-refractivity contribution in [2.75, 3.05) is 5.75 Å². The van der Waals surface area contributed by atoms with E-state index in [0.29, 0.717) is 34.1 Å². The molecule has 1 aliphatic heterocycles. The van der Waals surface area contributed by atoms with E-state index in [1.807, 2.05) is 44.2 Å². The monoisotopic (exact) mass is 477 g/mol. The maximum absolute atomic E-state index is 12.6. The Hall–Kier alpha value is -3.66. The first-order valence-corrected chi connectivity index (χ1v) is 12.0. The fourth-order valence-corrected chi connectivity index (χ4v) is 4.58. The number of rotatable bonds is 6. The molecule has 0 amide bonds. The van der Waals surface area contributed by atoms with E-state index >= 15 is 0 Å². The van der Waals surface area contributed by atoms with Gasteiger partial charge in [-0.1, -0.05) is 55.4 Å². The molecular weight excluding hydrogens is 452 g/mol. The van der Waals surface area contributed by atoms with E-state index in [1.54, 1.807) is 9.36 Å². The van der Waals surface area contributed by atoms with Crippen molar-refractivity contribution < 1.29 is 13.9 Å². The van der Waals surface area contributed by atoms with E-state index in [0.717, 1.165) is 28.1 Å². The zero-order valence-corrected chi connectivity index (χ0v) is 20.2. The minimum Gasteiger partial charge on any atom is -0.485 e. The average Bonchev–Trinajstić information content (AvgIpc) is 3.40. The zero-order valence-electron chi connectivity index (χ0n) is 19.4. The largest absolute Gasteiger partial charge is 0.485 e. The van der Waals surface area contributed by atoms with Gasteiger partial charge in [0.25, 0.3) is 0 Å². The molecule has 0 fully saturated rings. The molecule has 0 spiro atoms. The number of nitrogens with one attached hydrogen (secondary N) is 1. The summed E-state index contributed by atoms with van der Waals surface area (Å²) in [7, 11) is 0. The first kappa shape index (κ1) is 22.1. The van der Waals surface area contributed by atoms with Crippen molar-refractivity contribution in [2.45, 2.75) is 45.4 Å². The van der Waals surface area contributed by atoms with Crippen molar-refractivity contribution in [1.29, 1.82) is 0 Å². The molecule has 5 rings (SSSR count). The lowest BCUT2D eigenvalue weighted by atomic mass is 10.0. The lowest BCUT2D eigenvalue weighted by molar-refractivity contribution is -0.671. The molecule has 0 unspecified atom stereocenters. The molecule has 2 aromatic heterocycles. The summed E-state index contributed by atoms with van der Waals surface area (Å²) in [5, 5.41) is 16.6. The quantitative estimate of drug-likeness (QED) is 0.427. The smallest absolute Gasteiger partial charge is 0.437 e. The standard InChI is InChI=1S/C24H24N6O3S/c1-14(2)18-10-7-16(4)11-20(18)32-12-21-25-26-24-30(21)27-19(13-34-24)22-23(31)33-28-29(22)17-8-5-15(3)6-9-17/h5-11,14H,12-13H2,1-4H3/p+1. The van der Waals surface area contributed by atoms with Gasteiger partial charge in [0.15, 0.2) is 11.5 Å². The van der Waals surface area contributed by atoms with Gasteiger partial charge in [-0.25, -0.2) is 4.79 Å². The van der Waals surface area contributed by atoms with Crippen molar-refractivity contribution in [3.8, 4) is 11.4 Å². The molecule has 0 bridgehead atoms. The Morgan fingerprint density at radius 1 is 1.15 bits per heavy atom. The van der Waals surface area contributed by atoms with Crippen molar-refractivity contribution in [3.05, 3.63) is 81.1 Å². The Kier molecular flexibility index (Phi) is 5.82. The van der Waals surface area contributed by atoms with Gasteiger partial charge >= 0.3 is 11.3 Å². The number of aryl methyl sites for hydroxylation is 2. The number of ether oxygens (including phenoxy) is 1. The summed E-state index contributed by atoms with van der Waals surface area (Å²) >= 11 is 1.46. The molecule has 0 saturated carbocycles. The maximum Gasteiger partial charge on any atom is 0.437 e. The molecule has 0 atom stereocenters. The lowest BCUT2D eigenvalue weighted by Crippen LogP contribution is -2.42. The zero-order chi connectivity index (χ0) is 23.8. The molecular formula is C24H25N6O3S+. The summed E-state index contributed by atoms with van der Waals surface area (Å²) in [6, 6.07) is 14.0. The topological polar surface area (TPSA) is 102 Å². The first-order valence-electron chi connectivity index (χ1n) is 11.0. The highest BCUT2D eigenvalue weighted by atomic mass is 32.2. The van der Waals surface area contributed by atoms with Crippen LogP contribution in [0.1, 0.15) is 48.0 Å². The Morgan fingerprint density at radius 3 is 2.68 bits per heavy atom. The second-order valence-corrected chi connectivity index (χ2v) is 9.47. The van der Waals surface area contributed by atoms with Crippen LogP contribution >= 0.6 is 11.8 Å². The van der Waals surface area contributed by atoms with Gasteiger partial charge in [-0.05, 0) is 46.9 Å². The van der Waals surface area contributed by atoms with Gasteiger partial charge in [0.05, 0.1) is 5.75 Å². The first-order chi connectivity index (χ1) is 16.4. The van der Waals surface area contributed by atoms with Gasteiger partial charge in [-0.2, -0.15) is 9.78 Å². The highest BCUT2D eigenvalue weighted by Gasteiger charge is 2.32. The molecule has 0 radical (unpaired) electrons. The minimum atomic E-state index is -0.490. The van der Waals surface area contributed by atoms with Crippen LogP contribution in [0.3, 0.4) is 0 Å². The Balaban J connectivity index is 1.47. The molecule has 0 aliphatic carbocycles. The molecule has 1 aliphatic rings. The number of benzene rings is 2. The number of aromatic amines is 1. The summed E-state index contributed by atoms with van der Waals surface area (Å²) in [5.41, 5.74) is 4.56. The maximum atomic E-state index is 12.6. The second kappa shape index (κ2) is 8.94. The van der Waals surface area contributed by atoms with Crippen molar-refractivity contribution in [3.63, 3.8) is 0 Å². The molecule has 3 heterocycles. The van der Waals surface area contributed by atoms with E-state index in [2.05, 4.69) is 41.4 Å². The number of H-pyrrole nitrogens is 1. The normalized spacial score (nSPS) is 13.1. The van der Waals surface area contributed by atoms with E-state index in [1.165, 1.54) is 11.8 Å². The summed E-state index contributed by atoms with van der Waals surface area (Å²) in [6.45, 7) is 8.51. The predicted octanol–water partition coefficient (Wildman–Crippen LogP) is 3.51. The number of hydrogen-bond donors (Lipinski definition) is 1. The number of thioether (sulfide) groups is 1. The second-order valence-electron chi connectivity index (χ2n) is 8.53. The van der Waals surface area contributed by atoms with Gasteiger partial charge in [0, 0.05) is 12.1 Å². The van der Waals surface area contributed by atoms with E-state index in [-0.39, 0.29) is 6.61 Å². The molecule has 34 heavy (non-hydrogen) atoms. The Labute approximate surface area is 200 Å². The van der Waals surface area contributed by atoms with Gasteiger partial charge in [0.1, 0.15) is 12.4 Å². The van der Waals surface area contributed by atoms with Crippen molar-refractivity contribution in [1.82, 2.24) is 20.1 Å². The van der Waals surface area contributed by atoms with Crippen LogP contribution in [-0.4, -0.2) is 31.6 Å². The fourth-order valence-electron chi connectivity index (χ4n) is 3.76. The molecule has 174 valence electrons. The van der Waals surface area contributed by atoms with Crippen LogP contribution in [0.5, 0.6) is 5.75 Å². The van der Waals surface area contributed by atoms with Crippen LogP contribution in [0.4, 0.5) is 0 Å². The van der Waals surface area contributed by atoms with Crippen LogP contribution < -0.4 is 15.0 Å². The highest BCUT2D eigenvalue weighted by molar-refractivity contribution is 7.99. The van der Waals surface area contributed by atoms with Crippen LogP contribution in [-0.2, 0) is 6.61 Å². The van der Waals surface area contributed by atoms with Gasteiger partial charge in [-0.15, -0.1) is 10.2 Å². The fraction of sp³-hybridized carbons (Fsp3) is 0.292. The molecule has 0 saturated heterocycles. The third-order valence-corrected chi connectivity index (χ3v) is 6.53. The van der Waals surface area contributed by atoms with E-state index in [4.69, 9.17) is 14.4 Å². The van der Waals surface area contributed by atoms with Gasteiger partial charge in [0.2, 0.25) is 10.8 Å². The van der Waals surface area contributed by atoms with Crippen molar-refractivity contribution >= 4 is 17.5 Å². The van der Waals surface area contributed by atoms with Crippen LogP contribution in [0.25, 0.3) is 5.69 Å². The minimum absolute atomic E-state index is 0.202. The number of hydrogen-bond acceptors (Lipinski definition) is 7. The molecule has 4 aromatic rings. The van der Waals surface area contributed by atoms with Crippen molar-refractivity contribution in [2.24, 2.45) is 5.10 Å². The van der Waals surface area contributed by atoms with E-state index < -0.39 is 5.63 Å². The molecule has 2 aromatic carbocycles. The molecule has 1 N–H and O–H groups in total. The van der Waals surface area contributed by atoms with Gasteiger partial charge < -0.3 is 4.74 Å². The van der Waals surface area contributed by atoms with Crippen LogP contribution in [0.15, 0.2) is 62.0 Å². The Bertz CT molecular complexity index is 1430. The third kappa shape index (κ3) is 4.16. The summed E-state index contributed by atoms with van der Waals surface area (Å²) < 4.78 is 14.5. The van der Waals surface area contributed by atoms with Crippen LogP contribution in [0, 0.1) is 13.8 Å². The molecule has 10 heteroatoms. The molecule has 9 nitrogen and oxygen atoms in total. The average molecular weight is 478 g/mol. The number of nitrogens with zero attached hydrogens (tertiary/aromatic N) is 5. The van der Waals surface area contributed by atoms with E-state index in [9.17, 15) is 4.79 Å². The summed E-state index contributed by atoms with van der Waals surface area (Å²) in [5.74, 6) is 2.16. The van der Waals surface area contributed by atoms with Crippen LogP contribution in [0.2, 0.25) is 0 Å². The number of fused-ring (bicyclic) bond motifs is 1. The number of aromatic nitrogens is 5. The highest BCUT2D eigenvalue weighted by Crippen LogP contribution is 2.29.